The van der Waals surface area contributed by atoms with Crippen LogP contribution in [0, 0.1) is 0 Å². The highest BCUT2D eigenvalue weighted by molar-refractivity contribution is 6.30. The lowest BCUT2D eigenvalue weighted by Gasteiger charge is -2.02. The molecule has 0 bridgehead atoms. The molecule has 1 aromatic carbocycles. The Morgan fingerprint density at radius 1 is 1.04 bits per heavy atom. The minimum atomic E-state index is 0.630. The standard InChI is InChI=1S/C17H13ClN8/c1-24-16-14(7-20-24)17-22-15(23-26(17)10-19-16)12-4-2-11(3-5-12)8-25-9-13(18)6-21-25/h2-7,9-10H,8H2,1H3. The Bertz CT molecular complexity index is 1230. The first-order chi connectivity index (χ1) is 12.7. The Morgan fingerprint density at radius 2 is 1.88 bits per heavy atom. The second-order valence-electron chi connectivity index (χ2n) is 6.01. The molecule has 9 heteroatoms. The number of halogens is 1. The molecule has 0 N–H and O–H groups in total. The highest BCUT2D eigenvalue weighted by Gasteiger charge is 2.12. The molecule has 0 spiro atoms. The summed E-state index contributed by atoms with van der Waals surface area (Å²) in [6.07, 6.45) is 6.84. The average Bonchev–Trinajstić information content (AvgIpc) is 3.34. The van der Waals surface area contributed by atoms with Gasteiger partial charge in [-0.05, 0) is 5.56 Å². The van der Waals surface area contributed by atoms with Crippen molar-refractivity contribution in [3.05, 3.63) is 59.8 Å². The molecular weight excluding hydrogens is 352 g/mol. The fourth-order valence-electron chi connectivity index (χ4n) is 2.93. The van der Waals surface area contributed by atoms with E-state index in [9.17, 15) is 0 Å². The molecule has 0 aliphatic rings. The maximum absolute atomic E-state index is 5.90. The number of aromatic nitrogens is 8. The summed E-state index contributed by atoms with van der Waals surface area (Å²) in [5.74, 6) is 0.650. The van der Waals surface area contributed by atoms with Crippen LogP contribution in [0.15, 0.2) is 49.2 Å². The van der Waals surface area contributed by atoms with E-state index in [2.05, 4.69) is 25.3 Å². The second-order valence-corrected chi connectivity index (χ2v) is 6.44. The molecule has 5 rings (SSSR count). The first kappa shape index (κ1) is 15.0. The molecule has 5 aromatic rings. The summed E-state index contributed by atoms with van der Waals surface area (Å²) in [6, 6.07) is 8.08. The maximum Gasteiger partial charge on any atom is 0.182 e. The lowest BCUT2D eigenvalue weighted by atomic mass is 10.1. The van der Waals surface area contributed by atoms with Gasteiger partial charge in [0, 0.05) is 18.8 Å². The summed E-state index contributed by atoms with van der Waals surface area (Å²) in [7, 11) is 1.86. The quantitative estimate of drug-likeness (QED) is 0.491. The van der Waals surface area contributed by atoms with Crippen molar-refractivity contribution in [2.45, 2.75) is 6.54 Å². The van der Waals surface area contributed by atoms with Crippen molar-refractivity contribution < 1.29 is 0 Å². The number of nitrogens with zero attached hydrogens (tertiary/aromatic N) is 8. The van der Waals surface area contributed by atoms with Crippen LogP contribution in [-0.2, 0) is 13.6 Å². The van der Waals surface area contributed by atoms with Crippen LogP contribution < -0.4 is 0 Å². The van der Waals surface area contributed by atoms with Gasteiger partial charge in [0.2, 0.25) is 0 Å². The number of hydrogen-bond donors (Lipinski definition) is 0. The molecular formula is C17H13ClN8. The van der Waals surface area contributed by atoms with Gasteiger partial charge < -0.3 is 0 Å². The monoisotopic (exact) mass is 364 g/mol. The summed E-state index contributed by atoms with van der Waals surface area (Å²) >= 11 is 5.90. The number of rotatable bonds is 3. The highest BCUT2D eigenvalue weighted by Crippen LogP contribution is 2.21. The van der Waals surface area contributed by atoms with Gasteiger partial charge >= 0.3 is 0 Å². The van der Waals surface area contributed by atoms with Crippen LogP contribution in [0.2, 0.25) is 5.02 Å². The fourth-order valence-corrected chi connectivity index (χ4v) is 3.09. The molecule has 0 aliphatic carbocycles. The zero-order valence-electron chi connectivity index (χ0n) is 13.8. The first-order valence-electron chi connectivity index (χ1n) is 7.98. The third kappa shape index (κ3) is 2.42. The van der Waals surface area contributed by atoms with Crippen LogP contribution in [0.25, 0.3) is 28.1 Å². The number of fused-ring (bicyclic) bond motifs is 3. The Hall–Kier alpha value is -3.26. The molecule has 0 unspecified atom stereocenters. The Balaban J connectivity index is 1.50. The van der Waals surface area contributed by atoms with E-state index in [0.717, 1.165) is 27.8 Å². The predicted octanol–water partition coefficient (Wildman–Crippen LogP) is 2.58. The second kappa shape index (κ2) is 5.63. The van der Waals surface area contributed by atoms with Gasteiger partial charge in [-0.15, -0.1) is 5.10 Å². The van der Waals surface area contributed by atoms with Crippen LogP contribution in [-0.4, -0.2) is 39.1 Å². The van der Waals surface area contributed by atoms with E-state index in [0.29, 0.717) is 17.4 Å². The van der Waals surface area contributed by atoms with E-state index in [4.69, 9.17) is 11.6 Å². The minimum absolute atomic E-state index is 0.630. The van der Waals surface area contributed by atoms with Crippen molar-refractivity contribution in [1.82, 2.24) is 39.1 Å². The Kier molecular flexibility index (Phi) is 3.26. The molecule has 0 saturated carbocycles. The molecule has 4 aromatic heterocycles. The van der Waals surface area contributed by atoms with E-state index < -0.39 is 0 Å². The van der Waals surface area contributed by atoms with Crippen LogP contribution in [0.1, 0.15) is 5.56 Å². The van der Waals surface area contributed by atoms with E-state index in [1.807, 2.05) is 31.3 Å². The average molecular weight is 365 g/mol. The van der Waals surface area contributed by atoms with E-state index in [1.165, 1.54) is 0 Å². The van der Waals surface area contributed by atoms with Crippen molar-refractivity contribution in [2.75, 3.05) is 0 Å². The maximum atomic E-state index is 5.90. The molecule has 0 radical (unpaired) electrons. The van der Waals surface area contributed by atoms with Gasteiger partial charge in [0.25, 0.3) is 0 Å². The van der Waals surface area contributed by atoms with Crippen molar-refractivity contribution in [2.24, 2.45) is 7.05 Å². The van der Waals surface area contributed by atoms with E-state index in [1.54, 1.807) is 38.8 Å². The zero-order chi connectivity index (χ0) is 17.7. The predicted molar refractivity (Wildman–Crippen MR) is 96.8 cm³/mol. The van der Waals surface area contributed by atoms with Crippen molar-refractivity contribution >= 4 is 28.3 Å². The first-order valence-corrected chi connectivity index (χ1v) is 8.35. The highest BCUT2D eigenvalue weighted by atomic mass is 35.5. The van der Waals surface area contributed by atoms with Crippen molar-refractivity contribution in [3.63, 3.8) is 0 Å². The lowest BCUT2D eigenvalue weighted by molar-refractivity contribution is 0.687. The van der Waals surface area contributed by atoms with Gasteiger partial charge in [-0.1, -0.05) is 35.9 Å². The Labute approximate surface area is 152 Å². The van der Waals surface area contributed by atoms with Gasteiger partial charge in [0.05, 0.1) is 29.3 Å². The molecule has 0 fully saturated rings. The van der Waals surface area contributed by atoms with Gasteiger partial charge in [-0.2, -0.15) is 10.2 Å². The van der Waals surface area contributed by atoms with Crippen molar-refractivity contribution in [1.29, 1.82) is 0 Å². The smallest absolute Gasteiger partial charge is 0.182 e. The van der Waals surface area contributed by atoms with Crippen LogP contribution >= 0.6 is 11.6 Å². The van der Waals surface area contributed by atoms with Gasteiger partial charge in [-0.3, -0.25) is 9.36 Å². The fraction of sp³-hybridized carbons (Fsp3) is 0.118. The van der Waals surface area contributed by atoms with Gasteiger partial charge in [0.1, 0.15) is 6.33 Å². The summed E-state index contributed by atoms with van der Waals surface area (Å²) in [4.78, 5) is 9.04. The molecule has 128 valence electrons. The third-order valence-corrected chi connectivity index (χ3v) is 4.42. The lowest BCUT2D eigenvalue weighted by Crippen LogP contribution is -1.99. The number of aryl methyl sites for hydroxylation is 1. The van der Waals surface area contributed by atoms with Crippen LogP contribution in [0.5, 0.6) is 0 Å². The molecule has 0 aliphatic heterocycles. The summed E-state index contributed by atoms with van der Waals surface area (Å²) in [5.41, 5.74) is 3.58. The molecule has 0 amide bonds. The van der Waals surface area contributed by atoms with E-state index in [-0.39, 0.29) is 0 Å². The molecule has 8 nitrogen and oxygen atoms in total. The number of hydrogen-bond acceptors (Lipinski definition) is 5. The Morgan fingerprint density at radius 3 is 2.65 bits per heavy atom. The van der Waals surface area contributed by atoms with E-state index >= 15 is 0 Å². The summed E-state index contributed by atoms with van der Waals surface area (Å²) in [5, 5.41) is 14.5. The molecule has 26 heavy (non-hydrogen) atoms. The molecule has 0 saturated heterocycles. The van der Waals surface area contributed by atoms with Gasteiger partial charge in [0.15, 0.2) is 17.1 Å². The van der Waals surface area contributed by atoms with Crippen molar-refractivity contribution in [3.8, 4) is 11.4 Å². The number of benzene rings is 1. The topological polar surface area (TPSA) is 78.7 Å². The summed E-state index contributed by atoms with van der Waals surface area (Å²) < 4.78 is 5.20. The normalized spacial score (nSPS) is 11.6. The minimum Gasteiger partial charge on any atom is -0.267 e. The van der Waals surface area contributed by atoms with Crippen LogP contribution in [0.3, 0.4) is 0 Å². The zero-order valence-corrected chi connectivity index (χ0v) is 14.5. The third-order valence-electron chi connectivity index (χ3n) is 4.23. The van der Waals surface area contributed by atoms with Gasteiger partial charge in [-0.25, -0.2) is 14.5 Å². The van der Waals surface area contributed by atoms with Crippen LogP contribution in [0.4, 0.5) is 0 Å². The summed E-state index contributed by atoms with van der Waals surface area (Å²) in [6.45, 7) is 0.659. The molecule has 0 atom stereocenters. The SMILES string of the molecule is Cn1ncc2c1ncn1nc(-c3ccc(Cn4cc(Cl)cn4)cc3)nc21. The molecule has 4 heterocycles. The largest absolute Gasteiger partial charge is 0.267 e.